The first-order chi connectivity index (χ1) is 16.3. The summed E-state index contributed by atoms with van der Waals surface area (Å²) in [5.74, 6) is -2.43. The van der Waals surface area contributed by atoms with Crippen LogP contribution in [0.25, 0.3) is 10.8 Å². The summed E-state index contributed by atoms with van der Waals surface area (Å²) in [5.41, 5.74) is 3.61. The van der Waals surface area contributed by atoms with Crippen molar-refractivity contribution in [2.45, 2.75) is 50.3 Å². The monoisotopic (exact) mass is 617 g/mol. The number of hydrogen-bond acceptors (Lipinski definition) is 6. The van der Waals surface area contributed by atoms with Crippen molar-refractivity contribution in [3.05, 3.63) is 60.5 Å². The maximum absolute atomic E-state index is 14.2. The molecule has 2 aromatic carbocycles. The van der Waals surface area contributed by atoms with Crippen LogP contribution in [0.1, 0.15) is 42.0 Å². The number of nitrogens with zero attached hydrogens (tertiary/aromatic N) is 1. The van der Waals surface area contributed by atoms with Gasteiger partial charge in [0, 0.05) is 32.1 Å². The van der Waals surface area contributed by atoms with E-state index in [0.717, 1.165) is 5.56 Å². The number of nitrogens with two attached hydrogens (primary N) is 1. The fraction of sp³-hybridized carbons (Fsp3) is 0.348. The Kier molecular flexibility index (Phi) is 6.75. The Balaban J connectivity index is 1.70. The third-order valence-electron chi connectivity index (χ3n) is 6.34. The number of carbonyl (C=O) groups excluding carboxylic acids is 1. The molecule has 0 aliphatic heterocycles. The van der Waals surface area contributed by atoms with E-state index in [1.54, 1.807) is 13.0 Å². The van der Waals surface area contributed by atoms with Crippen LogP contribution < -0.4 is 16.7 Å². The van der Waals surface area contributed by atoms with Crippen LogP contribution in [0.15, 0.2) is 42.5 Å². The first-order valence-electron chi connectivity index (χ1n) is 10.6. The molecule has 7 nitrogen and oxygen atoms in total. The van der Waals surface area contributed by atoms with Crippen molar-refractivity contribution in [1.29, 1.82) is 0 Å². The molecule has 12 heteroatoms. The first-order valence-corrected chi connectivity index (χ1v) is 12.2. The lowest BCUT2D eigenvalue weighted by molar-refractivity contribution is -0.252. The minimum atomic E-state index is -5.26. The number of nitrogen functional groups attached to an aromatic ring is 1. The van der Waals surface area contributed by atoms with Crippen LogP contribution in [0.3, 0.4) is 0 Å². The summed E-state index contributed by atoms with van der Waals surface area (Å²) >= 11 is 6.76. The van der Waals surface area contributed by atoms with E-state index in [9.17, 15) is 27.9 Å². The van der Waals surface area contributed by atoms with Crippen molar-refractivity contribution < 1.29 is 27.6 Å². The summed E-state index contributed by atoms with van der Waals surface area (Å²) in [6.45, 7) is 1.55. The molecule has 1 aliphatic rings. The molecule has 35 heavy (non-hydrogen) atoms. The number of hydrogen-bond donors (Lipinski definition) is 3. The van der Waals surface area contributed by atoms with E-state index in [2.05, 4.69) is 46.9 Å². The number of alkyl halides is 3. The van der Waals surface area contributed by atoms with Crippen LogP contribution in [0, 0.1) is 6.92 Å². The normalized spacial score (nSPS) is 17.6. The highest BCUT2D eigenvalue weighted by Crippen LogP contribution is 2.48. The molecule has 1 aliphatic carbocycles. The molecule has 1 amide bonds. The van der Waals surface area contributed by atoms with Gasteiger partial charge in [-0.1, -0.05) is 21.1 Å². The number of benzene rings is 2. The van der Waals surface area contributed by atoms with E-state index in [4.69, 9.17) is 5.73 Å². The van der Waals surface area contributed by atoms with Gasteiger partial charge in [-0.3, -0.25) is 4.79 Å². The van der Waals surface area contributed by atoms with Gasteiger partial charge in [0.1, 0.15) is 0 Å². The quantitative estimate of drug-likeness (QED) is 0.340. The van der Waals surface area contributed by atoms with E-state index in [1.165, 1.54) is 18.2 Å². The molecule has 1 aromatic heterocycles. The van der Waals surface area contributed by atoms with E-state index in [0.29, 0.717) is 44.9 Å². The number of rotatable bonds is 4. The lowest BCUT2D eigenvalue weighted by Gasteiger charge is -2.36. The zero-order valence-corrected chi connectivity index (χ0v) is 21.5. The molecule has 2 atom stereocenters. The molecular weight excluding hydrogens is 599 g/mol. The van der Waals surface area contributed by atoms with Crippen LogP contribution in [-0.2, 0) is 11.2 Å². The average molecular weight is 619 g/mol. The highest BCUT2D eigenvalue weighted by Gasteiger charge is 2.60. The largest absolute Gasteiger partial charge is 0.426 e. The van der Waals surface area contributed by atoms with Crippen molar-refractivity contribution >= 4 is 59.9 Å². The van der Waals surface area contributed by atoms with Gasteiger partial charge in [0.2, 0.25) is 5.60 Å². The molecule has 0 radical (unpaired) electrons. The number of carbonyl (C=O) groups is 1. The maximum Gasteiger partial charge on any atom is 0.426 e. The van der Waals surface area contributed by atoms with Gasteiger partial charge in [-0.2, -0.15) is 13.2 Å². The summed E-state index contributed by atoms with van der Waals surface area (Å²) in [5, 5.41) is 17.0. The minimum Gasteiger partial charge on any atom is -0.398 e. The Bertz CT molecular complexity index is 1390. The molecule has 0 bridgehead atoms. The van der Waals surface area contributed by atoms with Gasteiger partial charge in [0.25, 0.3) is 5.91 Å². The Morgan fingerprint density at radius 3 is 2.66 bits per heavy atom. The third-order valence-corrected chi connectivity index (χ3v) is 7.70. The summed E-state index contributed by atoms with van der Waals surface area (Å²) in [6.07, 6.45) is -4.66. The second-order valence-corrected chi connectivity index (χ2v) is 10.3. The number of nitrogens with one attached hydrogen (secondary N) is 1. The van der Waals surface area contributed by atoms with Crippen LogP contribution in [-0.4, -0.2) is 27.9 Å². The molecule has 0 spiro atoms. The van der Waals surface area contributed by atoms with Gasteiger partial charge in [-0.05, 0) is 83.4 Å². The van der Waals surface area contributed by atoms with Crippen LogP contribution in [0.5, 0.6) is 0 Å². The average Bonchev–Trinajstić information content (AvgIpc) is 2.79. The van der Waals surface area contributed by atoms with Gasteiger partial charge in [0.05, 0.1) is 11.1 Å². The number of halogens is 5. The second kappa shape index (κ2) is 9.21. The van der Waals surface area contributed by atoms with Crippen molar-refractivity contribution in [3.63, 3.8) is 0 Å². The van der Waals surface area contributed by atoms with Crippen LogP contribution in [0.4, 0.5) is 24.5 Å². The van der Waals surface area contributed by atoms with E-state index < -0.39 is 35.6 Å². The van der Waals surface area contributed by atoms with Gasteiger partial charge in [-0.25, -0.2) is 4.79 Å². The standard InChI is InChI=1S/C23H20Br2F3N3O4/c1-10-15-7-12(5-6-13(15)20(32)35-31-10)30-21(33)22(34,23(26,27)28)9-11-3-2-4-14-16(24)8-17(25)19(29)18(11)14/h5-8,11,34H,2-4,9,29H2,1H3,(H,30,33). The number of fused-ring (bicyclic) bond motifs is 2. The van der Waals surface area contributed by atoms with Gasteiger partial charge < -0.3 is 20.7 Å². The Morgan fingerprint density at radius 2 is 1.97 bits per heavy atom. The number of amides is 1. The van der Waals surface area contributed by atoms with Gasteiger partial charge in [0.15, 0.2) is 0 Å². The summed E-state index contributed by atoms with van der Waals surface area (Å²) in [4.78, 5) is 24.8. The summed E-state index contributed by atoms with van der Waals surface area (Å²) in [6, 6.07) is 5.61. The molecular formula is C23H20Br2F3N3O4. The fourth-order valence-electron chi connectivity index (χ4n) is 4.53. The predicted molar refractivity (Wildman–Crippen MR) is 131 cm³/mol. The van der Waals surface area contributed by atoms with Gasteiger partial charge in [-0.15, -0.1) is 0 Å². The summed E-state index contributed by atoms with van der Waals surface area (Å²) < 4.78 is 48.4. The fourth-order valence-corrected chi connectivity index (χ4v) is 5.92. The lowest BCUT2D eigenvalue weighted by Crippen LogP contribution is -2.55. The lowest BCUT2D eigenvalue weighted by atomic mass is 9.75. The minimum absolute atomic E-state index is 0.0327. The molecule has 1 heterocycles. The van der Waals surface area contributed by atoms with Gasteiger partial charge >= 0.3 is 11.8 Å². The smallest absolute Gasteiger partial charge is 0.398 e. The van der Waals surface area contributed by atoms with Crippen molar-refractivity contribution in [3.8, 4) is 0 Å². The SMILES string of the molecule is Cc1noc(=O)c2ccc(NC(=O)C(O)(CC3CCCc4c(Br)cc(Br)c(N)c43)C(F)(F)F)cc12. The van der Waals surface area contributed by atoms with Crippen LogP contribution >= 0.6 is 31.9 Å². The number of aliphatic hydroxyl groups is 1. The molecule has 4 rings (SSSR count). The van der Waals surface area contributed by atoms with Crippen LogP contribution in [0.2, 0.25) is 0 Å². The van der Waals surface area contributed by atoms with E-state index in [-0.39, 0.29) is 16.8 Å². The Labute approximate surface area is 214 Å². The first kappa shape index (κ1) is 25.6. The molecule has 0 fully saturated rings. The molecule has 3 aromatic rings. The topological polar surface area (TPSA) is 118 Å². The number of anilines is 2. The summed E-state index contributed by atoms with van der Waals surface area (Å²) in [7, 11) is 0. The zero-order chi connectivity index (χ0) is 25.7. The second-order valence-electron chi connectivity index (χ2n) is 8.57. The highest BCUT2D eigenvalue weighted by atomic mass is 79.9. The van der Waals surface area contributed by atoms with Crippen molar-refractivity contribution in [1.82, 2.24) is 5.16 Å². The molecule has 4 N–H and O–H groups in total. The van der Waals surface area contributed by atoms with Crippen molar-refractivity contribution in [2.24, 2.45) is 0 Å². The van der Waals surface area contributed by atoms with E-state index >= 15 is 0 Å². The molecule has 186 valence electrons. The highest BCUT2D eigenvalue weighted by molar-refractivity contribution is 9.11. The zero-order valence-electron chi connectivity index (χ0n) is 18.3. The molecule has 0 saturated carbocycles. The molecule has 0 saturated heterocycles. The van der Waals surface area contributed by atoms with E-state index in [1.807, 2.05) is 0 Å². The Hall–Kier alpha value is -2.44. The Morgan fingerprint density at radius 1 is 1.26 bits per heavy atom. The number of aromatic nitrogens is 1. The third kappa shape index (κ3) is 4.58. The number of aryl methyl sites for hydroxylation is 1. The maximum atomic E-state index is 14.2. The molecule has 2 unspecified atom stereocenters. The predicted octanol–water partition coefficient (Wildman–Crippen LogP) is 5.35. The van der Waals surface area contributed by atoms with Crippen molar-refractivity contribution in [2.75, 3.05) is 11.1 Å².